The third-order valence-electron chi connectivity index (χ3n) is 2.09. The zero-order chi connectivity index (χ0) is 13.1. The van der Waals surface area contributed by atoms with Crippen LogP contribution in [0, 0.1) is 0 Å². The summed E-state index contributed by atoms with van der Waals surface area (Å²) in [4.78, 5) is 26.7. The summed E-state index contributed by atoms with van der Waals surface area (Å²) < 4.78 is 7.20. The van der Waals surface area contributed by atoms with E-state index in [0.29, 0.717) is 11.4 Å². The standard InChI is InChI=1S/C11H8Br2N2O3/c12-6-1-2-9(8(13)3-6)18-5-7-4-10(16)15-11(17)14-7/h1-4H,5H2,(H2,14,15,16,17). The molecule has 0 amide bonds. The molecular formula is C11H8Br2N2O3. The molecule has 0 aliphatic carbocycles. The quantitative estimate of drug-likeness (QED) is 0.863. The summed E-state index contributed by atoms with van der Waals surface area (Å²) in [7, 11) is 0. The van der Waals surface area contributed by atoms with Crippen molar-refractivity contribution in [1.82, 2.24) is 9.97 Å². The predicted molar refractivity (Wildman–Crippen MR) is 73.9 cm³/mol. The molecule has 0 bridgehead atoms. The largest absolute Gasteiger partial charge is 0.486 e. The number of nitrogens with one attached hydrogen (secondary N) is 2. The Hall–Kier alpha value is -1.34. The number of aromatic nitrogens is 2. The maximum Gasteiger partial charge on any atom is 0.326 e. The van der Waals surface area contributed by atoms with E-state index in [0.717, 1.165) is 8.95 Å². The number of rotatable bonds is 3. The molecule has 0 atom stereocenters. The number of H-pyrrole nitrogens is 2. The summed E-state index contributed by atoms with van der Waals surface area (Å²) in [5, 5.41) is 0. The zero-order valence-electron chi connectivity index (χ0n) is 9.00. The molecule has 7 heteroatoms. The maximum absolute atomic E-state index is 11.1. The van der Waals surface area contributed by atoms with Crippen molar-refractivity contribution in [2.45, 2.75) is 6.61 Å². The molecule has 0 saturated carbocycles. The van der Waals surface area contributed by atoms with Crippen molar-refractivity contribution in [2.75, 3.05) is 0 Å². The Bertz CT molecular complexity index is 650. The van der Waals surface area contributed by atoms with E-state index >= 15 is 0 Å². The van der Waals surface area contributed by atoms with Gasteiger partial charge in [0.25, 0.3) is 5.56 Å². The van der Waals surface area contributed by atoms with E-state index in [1.807, 2.05) is 12.1 Å². The summed E-state index contributed by atoms with van der Waals surface area (Å²) in [6, 6.07) is 6.74. The minimum Gasteiger partial charge on any atom is -0.486 e. The molecule has 0 aliphatic rings. The van der Waals surface area contributed by atoms with Gasteiger partial charge in [0, 0.05) is 10.5 Å². The molecule has 2 N–H and O–H groups in total. The molecule has 18 heavy (non-hydrogen) atoms. The van der Waals surface area contributed by atoms with Gasteiger partial charge in [-0.25, -0.2) is 4.79 Å². The zero-order valence-corrected chi connectivity index (χ0v) is 12.2. The highest BCUT2D eigenvalue weighted by molar-refractivity contribution is 9.11. The molecule has 2 rings (SSSR count). The van der Waals surface area contributed by atoms with Crippen molar-refractivity contribution in [3.63, 3.8) is 0 Å². The van der Waals surface area contributed by atoms with E-state index in [4.69, 9.17) is 4.74 Å². The Kier molecular flexibility index (Phi) is 4.03. The number of ether oxygens (including phenoxy) is 1. The van der Waals surface area contributed by atoms with Crippen LogP contribution in [-0.4, -0.2) is 9.97 Å². The molecule has 0 radical (unpaired) electrons. The van der Waals surface area contributed by atoms with Gasteiger partial charge in [0.15, 0.2) is 0 Å². The Labute approximate surface area is 118 Å². The summed E-state index contributed by atoms with van der Waals surface area (Å²) in [6.07, 6.45) is 0. The molecule has 94 valence electrons. The Balaban J connectivity index is 2.16. The highest BCUT2D eigenvalue weighted by Crippen LogP contribution is 2.28. The lowest BCUT2D eigenvalue weighted by atomic mass is 10.3. The fraction of sp³-hybridized carbons (Fsp3) is 0.0909. The fourth-order valence-corrected chi connectivity index (χ4v) is 2.51. The Morgan fingerprint density at radius 1 is 1.11 bits per heavy atom. The average molecular weight is 376 g/mol. The number of halogens is 2. The smallest absolute Gasteiger partial charge is 0.326 e. The molecule has 1 heterocycles. The lowest BCUT2D eigenvalue weighted by Crippen LogP contribution is -2.23. The van der Waals surface area contributed by atoms with E-state index in [2.05, 4.69) is 41.8 Å². The first-order valence-electron chi connectivity index (χ1n) is 4.95. The van der Waals surface area contributed by atoms with Gasteiger partial charge in [-0.05, 0) is 34.1 Å². The van der Waals surface area contributed by atoms with Crippen LogP contribution in [0.25, 0.3) is 0 Å². The summed E-state index contributed by atoms with van der Waals surface area (Å²) in [5.74, 6) is 0.624. The number of aromatic amines is 2. The van der Waals surface area contributed by atoms with Gasteiger partial charge in [-0.15, -0.1) is 0 Å². The first kappa shape index (κ1) is 13.1. The van der Waals surface area contributed by atoms with Gasteiger partial charge < -0.3 is 9.72 Å². The van der Waals surface area contributed by atoms with Crippen LogP contribution in [0.5, 0.6) is 5.75 Å². The number of hydrogen-bond acceptors (Lipinski definition) is 3. The molecule has 0 fully saturated rings. The lowest BCUT2D eigenvalue weighted by Gasteiger charge is -2.07. The van der Waals surface area contributed by atoms with Crippen molar-refractivity contribution in [1.29, 1.82) is 0 Å². The van der Waals surface area contributed by atoms with E-state index < -0.39 is 11.2 Å². The molecule has 1 aromatic heterocycles. The second-order valence-corrected chi connectivity index (χ2v) is 5.25. The molecular weight excluding hydrogens is 368 g/mol. The SMILES string of the molecule is O=c1cc(COc2ccc(Br)cc2Br)[nH]c(=O)[nH]1. The maximum atomic E-state index is 11.1. The highest BCUT2D eigenvalue weighted by atomic mass is 79.9. The van der Waals surface area contributed by atoms with E-state index in [1.165, 1.54) is 6.07 Å². The van der Waals surface area contributed by atoms with E-state index in [9.17, 15) is 9.59 Å². The van der Waals surface area contributed by atoms with Crippen molar-refractivity contribution in [3.8, 4) is 5.75 Å². The van der Waals surface area contributed by atoms with Crippen molar-refractivity contribution >= 4 is 31.9 Å². The minimum absolute atomic E-state index is 0.111. The van der Waals surface area contributed by atoms with Crippen LogP contribution >= 0.6 is 31.9 Å². The van der Waals surface area contributed by atoms with Crippen molar-refractivity contribution in [3.05, 3.63) is 59.7 Å². The first-order chi connectivity index (χ1) is 8.54. The Morgan fingerprint density at radius 3 is 2.56 bits per heavy atom. The topological polar surface area (TPSA) is 75.0 Å². The first-order valence-corrected chi connectivity index (χ1v) is 6.53. The molecule has 0 spiro atoms. The number of benzene rings is 1. The summed E-state index contributed by atoms with van der Waals surface area (Å²) in [6.45, 7) is 0.111. The van der Waals surface area contributed by atoms with E-state index in [1.54, 1.807) is 6.07 Å². The molecule has 0 unspecified atom stereocenters. The number of hydrogen-bond donors (Lipinski definition) is 2. The van der Waals surface area contributed by atoms with Crippen molar-refractivity contribution < 1.29 is 4.74 Å². The third-order valence-corrected chi connectivity index (χ3v) is 3.21. The van der Waals surface area contributed by atoms with Crippen LogP contribution in [0.4, 0.5) is 0 Å². The molecule has 0 aliphatic heterocycles. The second-order valence-electron chi connectivity index (χ2n) is 3.48. The van der Waals surface area contributed by atoms with Crippen LogP contribution in [0.1, 0.15) is 5.69 Å². The van der Waals surface area contributed by atoms with Gasteiger partial charge in [0.2, 0.25) is 0 Å². The molecule has 2 aromatic rings. The van der Waals surface area contributed by atoms with Gasteiger partial charge in [0.1, 0.15) is 12.4 Å². The summed E-state index contributed by atoms with van der Waals surface area (Å²) >= 11 is 6.69. The fourth-order valence-electron chi connectivity index (χ4n) is 1.34. The van der Waals surface area contributed by atoms with Gasteiger partial charge in [-0.3, -0.25) is 9.78 Å². The summed E-state index contributed by atoms with van der Waals surface area (Å²) in [5.41, 5.74) is -0.582. The van der Waals surface area contributed by atoms with E-state index in [-0.39, 0.29) is 6.61 Å². The molecule has 0 saturated heterocycles. The second kappa shape index (κ2) is 5.53. The molecule has 1 aromatic carbocycles. The highest BCUT2D eigenvalue weighted by Gasteiger charge is 2.03. The minimum atomic E-state index is -0.545. The van der Waals surface area contributed by atoms with Crippen LogP contribution in [0.3, 0.4) is 0 Å². The third kappa shape index (κ3) is 3.33. The van der Waals surface area contributed by atoms with Crippen LogP contribution < -0.4 is 16.0 Å². The van der Waals surface area contributed by atoms with Gasteiger partial charge in [-0.2, -0.15) is 0 Å². The van der Waals surface area contributed by atoms with Gasteiger partial charge >= 0.3 is 5.69 Å². The monoisotopic (exact) mass is 374 g/mol. The van der Waals surface area contributed by atoms with Gasteiger partial charge in [0.05, 0.1) is 10.2 Å². The Morgan fingerprint density at radius 2 is 1.89 bits per heavy atom. The van der Waals surface area contributed by atoms with Crippen LogP contribution in [-0.2, 0) is 6.61 Å². The van der Waals surface area contributed by atoms with Crippen LogP contribution in [0.15, 0.2) is 42.8 Å². The normalized spacial score (nSPS) is 10.3. The predicted octanol–water partition coefficient (Wildman–Crippen LogP) is 2.17. The molecule has 5 nitrogen and oxygen atoms in total. The lowest BCUT2D eigenvalue weighted by molar-refractivity contribution is 0.298. The van der Waals surface area contributed by atoms with Crippen molar-refractivity contribution in [2.24, 2.45) is 0 Å². The average Bonchev–Trinajstić information content (AvgIpc) is 2.26. The van der Waals surface area contributed by atoms with Gasteiger partial charge in [-0.1, -0.05) is 15.9 Å². The van der Waals surface area contributed by atoms with Crippen LogP contribution in [0.2, 0.25) is 0 Å².